The average molecular weight is 351 g/mol. The molecule has 0 radical (unpaired) electrons. The van der Waals surface area contributed by atoms with Crippen molar-refractivity contribution in [2.75, 3.05) is 20.3 Å². The smallest absolute Gasteiger partial charge is 0.124 e. The molecular weight excluding hydrogens is 332 g/mol. The molecule has 0 amide bonds. The lowest BCUT2D eigenvalue weighted by atomic mass is 9.98. The molecule has 0 aliphatic heterocycles. The minimum atomic E-state index is -0.138. The Morgan fingerprint density at radius 3 is 2.67 bits per heavy atom. The third-order valence-electron chi connectivity index (χ3n) is 3.12. The number of para-hydroxylation sites is 1. The van der Waals surface area contributed by atoms with Crippen molar-refractivity contribution in [2.24, 2.45) is 5.84 Å². The number of hydrogen-bond acceptors (Lipinski definition) is 4. The second-order valence-corrected chi connectivity index (χ2v) is 5.45. The van der Waals surface area contributed by atoms with Crippen molar-refractivity contribution in [1.29, 1.82) is 0 Å². The Bertz CT molecular complexity index is 578. The van der Waals surface area contributed by atoms with Gasteiger partial charge in [0.25, 0.3) is 0 Å². The normalized spacial score (nSPS) is 12.1. The number of halogens is 1. The maximum atomic E-state index is 5.78. The van der Waals surface area contributed by atoms with Gasteiger partial charge in [0.15, 0.2) is 0 Å². The summed E-state index contributed by atoms with van der Waals surface area (Å²) in [5.74, 6) is 6.57. The predicted octanol–water partition coefficient (Wildman–Crippen LogP) is 3.03. The van der Waals surface area contributed by atoms with Gasteiger partial charge in [-0.25, -0.2) is 5.43 Å². The van der Waals surface area contributed by atoms with Gasteiger partial charge >= 0.3 is 0 Å². The molecule has 1 atom stereocenters. The molecule has 3 N–H and O–H groups in total. The van der Waals surface area contributed by atoms with E-state index in [-0.39, 0.29) is 6.04 Å². The summed E-state index contributed by atoms with van der Waals surface area (Å²) >= 11 is 3.49. The van der Waals surface area contributed by atoms with Crippen LogP contribution >= 0.6 is 15.9 Å². The van der Waals surface area contributed by atoms with Gasteiger partial charge in [0, 0.05) is 17.1 Å². The highest BCUT2D eigenvalue weighted by Crippen LogP contribution is 2.30. The quantitative estimate of drug-likeness (QED) is 0.457. The first kappa shape index (κ1) is 16.0. The monoisotopic (exact) mass is 350 g/mol. The number of benzene rings is 2. The zero-order valence-corrected chi connectivity index (χ0v) is 13.5. The molecule has 0 bridgehead atoms. The fraction of sp³-hybridized carbons (Fsp3) is 0.250. The Morgan fingerprint density at radius 2 is 1.95 bits per heavy atom. The minimum Gasteiger partial charge on any atom is -0.491 e. The van der Waals surface area contributed by atoms with E-state index < -0.39 is 0 Å². The zero-order valence-electron chi connectivity index (χ0n) is 11.9. The Morgan fingerprint density at radius 1 is 1.14 bits per heavy atom. The van der Waals surface area contributed by atoms with Crippen LogP contribution in [0.25, 0.3) is 0 Å². The van der Waals surface area contributed by atoms with Crippen molar-refractivity contribution in [1.82, 2.24) is 5.43 Å². The summed E-state index contributed by atoms with van der Waals surface area (Å²) in [6, 6.07) is 15.8. The van der Waals surface area contributed by atoms with Crippen LogP contribution in [0.3, 0.4) is 0 Å². The van der Waals surface area contributed by atoms with Crippen LogP contribution in [-0.2, 0) is 4.74 Å². The highest BCUT2D eigenvalue weighted by molar-refractivity contribution is 9.10. The molecule has 2 aromatic rings. The first-order valence-corrected chi connectivity index (χ1v) is 7.48. The molecule has 2 rings (SSSR count). The third kappa shape index (κ3) is 4.28. The first-order chi connectivity index (χ1) is 10.3. The molecule has 0 aromatic heterocycles. The van der Waals surface area contributed by atoms with Gasteiger partial charge < -0.3 is 9.47 Å². The number of hydrogen-bond donors (Lipinski definition) is 2. The minimum absolute atomic E-state index is 0.138. The molecule has 1 unspecified atom stereocenters. The van der Waals surface area contributed by atoms with Crippen molar-refractivity contribution in [3.63, 3.8) is 0 Å². The lowest BCUT2D eigenvalue weighted by Crippen LogP contribution is -2.29. The maximum Gasteiger partial charge on any atom is 0.124 e. The van der Waals surface area contributed by atoms with E-state index in [1.807, 2.05) is 48.5 Å². The van der Waals surface area contributed by atoms with Crippen molar-refractivity contribution >= 4 is 15.9 Å². The number of rotatable bonds is 7. The molecule has 112 valence electrons. The van der Waals surface area contributed by atoms with Gasteiger partial charge in [-0.2, -0.15) is 0 Å². The summed E-state index contributed by atoms with van der Waals surface area (Å²) in [6.07, 6.45) is 0. The van der Waals surface area contributed by atoms with Crippen LogP contribution in [0.2, 0.25) is 0 Å². The molecule has 0 heterocycles. The standard InChI is InChI=1S/C16H19BrN2O2/c1-20-9-10-21-15-8-3-2-7-14(15)16(19-18)12-5-4-6-13(17)11-12/h2-8,11,16,19H,9-10,18H2,1H3. The van der Waals surface area contributed by atoms with Crippen LogP contribution in [0.5, 0.6) is 5.75 Å². The molecule has 21 heavy (non-hydrogen) atoms. The van der Waals surface area contributed by atoms with E-state index in [2.05, 4.69) is 21.4 Å². The van der Waals surface area contributed by atoms with Gasteiger partial charge in [0.2, 0.25) is 0 Å². The highest BCUT2D eigenvalue weighted by Gasteiger charge is 2.17. The molecule has 5 heteroatoms. The molecule has 0 saturated heterocycles. The van der Waals surface area contributed by atoms with Gasteiger partial charge in [0.1, 0.15) is 12.4 Å². The van der Waals surface area contributed by atoms with Crippen LogP contribution in [0.4, 0.5) is 0 Å². The van der Waals surface area contributed by atoms with Crippen LogP contribution in [0.15, 0.2) is 53.0 Å². The number of methoxy groups -OCH3 is 1. The van der Waals surface area contributed by atoms with Crippen molar-refractivity contribution < 1.29 is 9.47 Å². The Kier molecular flexibility index (Phi) is 6.20. The van der Waals surface area contributed by atoms with Crippen molar-refractivity contribution in [3.05, 3.63) is 64.1 Å². The molecule has 2 aromatic carbocycles. The Hall–Kier alpha value is -1.40. The zero-order chi connectivity index (χ0) is 15.1. The maximum absolute atomic E-state index is 5.78. The van der Waals surface area contributed by atoms with Gasteiger partial charge in [-0.3, -0.25) is 5.84 Å². The van der Waals surface area contributed by atoms with E-state index in [0.29, 0.717) is 13.2 Å². The molecule has 0 spiro atoms. The SMILES string of the molecule is COCCOc1ccccc1C(NN)c1cccc(Br)c1. The van der Waals surface area contributed by atoms with Crippen LogP contribution < -0.4 is 16.0 Å². The van der Waals surface area contributed by atoms with Crippen LogP contribution in [0.1, 0.15) is 17.2 Å². The summed E-state index contributed by atoms with van der Waals surface area (Å²) in [7, 11) is 1.65. The fourth-order valence-electron chi connectivity index (χ4n) is 2.14. The van der Waals surface area contributed by atoms with Gasteiger partial charge in [-0.05, 0) is 23.8 Å². The molecule has 0 saturated carbocycles. The average Bonchev–Trinajstić information content (AvgIpc) is 2.50. The van der Waals surface area contributed by atoms with Crippen molar-refractivity contribution in [2.45, 2.75) is 6.04 Å². The molecule has 0 aliphatic rings. The van der Waals surface area contributed by atoms with Gasteiger partial charge in [-0.1, -0.05) is 46.3 Å². The van der Waals surface area contributed by atoms with E-state index in [4.69, 9.17) is 15.3 Å². The summed E-state index contributed by atoms with van der Waals surface area (Å²) in [5, 5.41) is 0. The van der Waals surface area contributed by atoms with E-state index in [1.54, 1.807) is 7.11 Å². The first-order valence-electron chi connectivity index (χ1n) is 6.68. The number of nitrogens with one attached hydrogen (secondary N) is 1. The molecule has 0 fully saturated rings. The number of ether oxygens (including phenoxy) is 2. The molecule has 0 aliphatic carbocycles. The highest BCUT2D eigenvalue weighted by atomic mass is 79.9. The van der Waals surface area contributed by atoms with E-state index in [0.717, 1.165) is 21.3 Å². The Labute approximate surface area is 133 Å². The lowest BCUT2D eigenvalue weighted by Gasteiger charge is -2.20. The summed E-state index contributed by atoms with van der Waals surface area (Å²) in [5.41, 5.74) is 4.92. The largest absolute Gasteiger partial charge is 0.491 e. The van der Waals surface area contributed by atoms with Gasteiger partial charge in [-0.15, -0.1) is 0 Å². The van der Waals surface area contributed by atoms with Gasteiger partial charge in [0.05, 0.1) is 12.6 Å². The summed E-state index contributed by atoms with van der Waals surface area (Å²) in [4.78, 5) is 0. The fourth-order valence-corrected chi connectivity index (χ4v) is 2.55. The van der Waals surface area contributed by atoms with Crippen molar-refractivity contribution in [3.8, 4) is 5.75 Å². The van der Waals surface area contributed by atoms with E-state index >= 15 is 0 Å². The second-order valence-electron chi connectivity index (χ2n) is 4.53. The van der Waals surface area contributed by atoms with Crippen LogP contribution in [-0.4, -0.2) is 20.3 Å². The second kappa shape index (κ2) is 8.14. The lowest BCUT2D eigenvalue weighted by molar-refractivity contribution is 0.145. The topological polar surface area (TPSA) is 56.5 Å². The number of nitrogens with two attached hydrogens (primary N) is 1. The molecule has 4 nitrogen and oxygen atoms in total. The summed E-state index contributed by atoms with van der Waals surface area (Å²) in [6.45, 7) is 1.05. The summed E-state index contributed by atoms with van der Waals surface area (Å²) < 4.78 is 11.8. The number of hydrazine groups is 1. The van der Waals surface area contributed by atoms with E-state index in [9.17, 15) is 0 Å². The third-order valence-corrected chi connectivity index (χ3v) is 3.62. The van der Waals surface area contributed by atoms with E-state index in [1.165, 1.54) is 0 Å². The molecular formula is C16H19BrN2O2. The Balaban J connectivity index is 2.29. The van der Waals surface area contributed by atoms with Crippen LogP contribution in [0, 0.1) is 0 Å². The predicted molar refractivity (Wildman–Crippen MR) is 87.1 cm³/mol.